The van der Waals surface area contributed by atoms with E-state index in [0.29, 0.717) is 11.3 Å². The minimum atomic E-state index is -0.741. The zero-order valence-corrected chi connectivity index (χ0v) is 15.6. The first-order valence-electron chi connectivity index (χ1n) is 8.46. The van der Waals surface area contributed by atoms with Gasteiger partial charge < -0.3 is 10.1 Å². The fraction of sp³-hybridized carbons (Fsp3) is 0.0909. The number of nitrogens with one attached hydrogen (secondary N) is 1. The second-order valence-corrected chi connectivity index (χ2v) is 6.88. The van der Waals surface area contributed by atoms with E-state index >= 15 is 0 Å². The lowest BCUT2D eigenvalue weighted by molar-refractivity contribution is -0.122. The van der Waals surface area contributed by atoms with Crippen LogP contribution in [0.5, 0.6) is 5.75 Å². The first-order chi connectivity index (χ1) is 13.2. The van der Waals surface area contributed by atoms with Gasteiger partial charge in [0.05, 0.1) is 11.3 Å². The number of benzene rings is 3. The Bertz CT molecular complexity index is 967. The van der Waals surface area contributed by atoms with Crippen LogP contribution >= 0.6 is 11.8 Å². The van der Waals surface area contributed by atoms with Crippen molar-refractivity contribution in [2.24, 2.45) is 0 Å². The molecule has 0 aliphatic carbocycles. The van der Waals surface area contributed by atoms with Gasteiger partial charge in [0.1, 0.15) is 11.8 Å². The summed E-state index contributed by atoms with van der Waals surface area (Å²) in [5.74, 6) is 0.124. The van der Waals surface area contributed by atoms with Crippen molar-refractivity contribution in [3.63, 3.8) is 0 Å². The van der Waals surface area contributed by atoms with Crippen LogP contribution in [0.25, 0.3) is 0 Å². The molecule has 0 saturated carbocycles. The predicted molar refractivity (Wildman–Crippen MR) is 107 cm³/mol. The van der Waals surface area contributed by atoms with Crippen molar-refractivity contribution < 1.29 is 9.53 Å². The molecule has 4 nitrogen and oxygen atoms in total. The molecule has 0 aliphatic heterocycles. The average molecular weight is 374 g/mol. The number of nitrogens with zero attached hydrogens (tertiary/aromatic N) is 1. The second kappa shape index (κ2) is 8.93. The number of carbonyl (C=O) groups is 1. The topological polar surface area (TPSA) is 62.1 Å². The molecule has 3 aromatic rings. The first-order valence-corrected chi connectivity index (χ1v) is 9.27. The zero-order chi connectivity index (χ0) is 19.1. The summed E-state index contributed by atoms with van der Waals surface area (Å²) >= 11 is 1.58. The number of rotatable bonds is 6. The van der Waals surface area contributed by atoms with Crippen molar-refractivity contribution in [3.8, 4) is 11.8 Å². The highest BCUT2D eigenvalue weighted by molar-refractivity contribution is 7.99. The van der Waals surface area contributed by atoms with Gasteiger partial charge in [0.25, 0.3) is 5.91 Å². The molecule has 3 rings (SSSR count). The maximum absolute atomic E-state index is 12.6. The molecule has 27 heavy (non-hydrogen) atoms. The molecule has 1 atom stereocenters. The Labute approximate surface area is 162 Å². The lowest BCUT2D eigenvalue weighted by Gasteiger charge is -2.17. The van der Waals surface area contributed by atoms with Gasteiger partial charge in [-0.3, -0.25) is 4.79 Å². The molecule has 0 spiro atoms. The van der Waals surface area contributed by atoms with Crippen LogP contribution in [-0.2, 0) is 4.79 Å². The Hall–Kier alpha value is -3.23. The smallest absolute Gasteiger partial charge is 0.265 e. The summed E-state index contributed by atoms with van der Waals surface area (Å²) in [6, 6.07) is 26.5. The highest BCUT2D eigenvalue weighted by Crippen LogP contribution is 2.33. The molecule has 3 aromatic carbocycles. The summed E-state index contributed by atoms with van der Waals surface area (Å²) in [6.45, 7) is 1.66. The molecule has 1 unspecified atom stereocenters. The minimum absolute atomic E-state index is 0.274. The highest BCUT2D eigenvalue weighted by Gasteiger charge is 2.18. The summed E-state index contributed by atoms with van der Waals surface area (Å²) in [4.78, 5) is 14.6. The molecule has 0 radical (unpaired) electrons. The van der Waals surface area contributed by atoms with E-state index in [1.165, 1.54) is 0 Å². The first kappa shape index (κ1) is 18.6. The molecule has 0 heterocycles. The quantitative estimate of drug-likeness (QED) is 0.651. The van der Waals surface area contributed by atoms with Crippen LogP contribution in [0.3, 0.4) is 0 Å². The standard InChI is InChI=1S/C22H18N2O2S/c1-16(26-20-13-7-5-9-17(20)15-23)22(25)24-19-12-6-8-14-21(19)27-18-10-3-2-4-11-18/h2-14,16H,1H3,(H,24,25). The number of para-hydroxylation sites is 2. The van der Waals surface area contributed by atoms with Crippen molar-refractivity contribution >= 4 is 23.4 Å². The molecule has 1 N–H and O–H groups in total. The number of ether oxygens (including phenoxy) is 1. The number of carbonyl (C=O) groups excluding carboxylic acids is 1. The van der Waals surface area contributed by atoms with Crippen LogP contribution in [0, 0.1) is 11.3 Å². The van der Waals surface area contributed by atoms with Crippen LogP contribution in [0.1, 0.15) is 12.5 Å². The van der Waals surface area contributed by atoms with E-state index in [2.05, 4.69) is 11.4 Å². The van der Waals surface area contributed by atoms with Gasteiger partial charge in [-0.2, -0.15) is 5.26 Å². The van der Waals surface area contributed by atoms with Crippen LogP contribution in [-0.4, -0.2) is 12.0 Å². The maximum Gasteiger partial charge on any atom is 0.265 e. The monoisotopic (exact) mass is 374 g/mol. The van der Waals surface area contributed by atoms with Gasteiger partial charge in [0.15, 0.2) is 6.10 Å². The SMILES string of the molecule is CC(Oc1ccccc1C#N)C(=O)Nc1ccccc1Sc1ccccc1. The Morgan fingerprint density at radius 1 is 1.00 bits per heavy atom. The fourth-order valence-corrected chi connectivity index (χ4v) is 3.34. The van der Waals surface area contributed by atoms with E-state index in [1.807, 2.05) is 54.6 Å². The van der Waals surface area contributed by atoms with E-state index in [0.717, 1.165) is 15.5 Å². The molecular formula is C22H18N2O2S. The highest BCUT2D eigenvalue weighted by atomic mass is 32.2. The molecule has 0 aromatic heterocycles. The normalized spacial score (nSPS) is 11.3. The molecule has 0 fully saturated rings. The number of hydrogen-bond donors (Lipinski definition) is 1. The molecule has 0 aliphatic rings. The van der Waals surface area contributed by atoms with Gasteiger partial charge in [-0.15, -0.1) is 0 Å². The van der Waals surface area contributed by atoms with Gasteiger partial charge in [0, 0.05) is 9.79 Å². The van der Waals surface area contributed by atoms with Gasteiger partial charge in [-0.25, -0.2) is 0 Å². The zero-order valence-electron chi connectivity index (χ0n) is 14.8. The Kier molecular flexibility index (Phi) is 6.14. The molecule has 134 valence electrons. The summed E-state index contributed by atoms with van der Waals surface area (Å²) in [5.41, 5.74) is 1.12. The second-order valence-electron chi connectivity index (χ2n) is 5.77. The third-order valence-electron chi connectivity index (χ3n) is 3.80. The molecule has 0 saturated heterocycles. The number of anilines is 1. The number of nitriles is 1. The van der Waals surface area contributed by atoms with Crippen molar-refractivity contribution in [2.45, 2.75) is 22.8 Å². The van der Waals surface area contributed by atoms with E-state index in [1.54, 1.807) is 43.0 Å². The number of amides is 1. The van der Waals surface area contributed by atoms with Crippen LogP contribution in [0.4, 0.5) is 5.69 Å². The predicted octanol–water partition coefficient (Wildman–Crippen LogP) is 5.12. The Balaban J connectivity index is 1.71. The van der Waals surface area contributed by atoms with Gasteiger partial charge >= 0.3 is 0 Å². The average Bonchev–Trinajstić information content (AvgIpc) is 2.70. The van der Waals surface area contributed by atoms with Gasteiger partial charge in [-0.1, -0.05) is 54.2 Å². The van der Waals surface area contributed by atoms with Crippen LogP contribution < -0.4 is 10.1 Å². The largest absolute Gasteiger partial charge is 0.480 e. The van der Waals surface area contributed by atoms with Crippen molar-refractivity contribution in [3.05, 3.63) is 84.4 Å². The Morgan fingerprint density at radius 3 is 2.44 bits per heavy atom. The third-order valence-corrected chi connectivity index (χ3v) is 4.88. The summed E-state index contributed by atoms with van der Waals surface area (Å²) in [5, 5.41) is 12.1. The lowest BCUT2D eigenvalue weighted by atomic mass is 10.2. The van der Waals surface area contributed by atoms with Crippen molar-refractivity contribution in [1.82, 2.24) is 0 Å². The maximum atomic E-state index is 12.6. The summed E-state index contributed by atoms with van der Waals surface area (Å²) in [6.07, 6.45) is -0.741. The van der Waals surface area contributed by atoms with Crippen LogP contribution in [0.2, 0.25) is 0 Å². The fourth-order valence-electron chi connectivity index (χ4n) is 2.41. The third kappa shape index (κ3) is 4.90. The molecule has 1 amide bonds. The molecule has 5 heteroatoms. The van der Waals surface area contributed by atoms with E-state index in [-0.39, 0.29) is 5.91 Å². The van der Waals surface area contributed by atoms with Crippen LogP contribution in [0.15, 0.2) is 88.7 Å². The van der Waals surface area contributed by atoms with E-state index < -0.39 is 6.10 Å². The van der Waals surface area contributed by atoms with Crippen molar-refractivity contribution in [1.29, 1.82) is 5.26 Å². The molecule has 0 bridgehead atoms. The van der Waals surface area contributed by atoms with E-state index in [9.17, 15) is 4.79 Å². The van der Waals surface area contributed by atoms with Gasteiger partial charge in [-0.05, 0) is 43.3 Å². The summed E-state index contributed by atoms with van der Waals surface area (Å²) < 4.78 is 5.69. The summed E-state index contributed by atoms with van der Waals surface area (Å²) in [7, 11) is 0. The van der Waals surface area contributed by atoms with Gasteiger partial charge in [0.2, 0.25) is 0 Å². The number of hydrogen-bond acceptors (Lipinski definition) is 4. The van der Waals surface area contributed by atoms with Crippen molar-refractivity contribution in [2.75, 3.05) is 5.32 Å². The van der Waals surface area contributed by atoms with E-state index in [4.69, 9.17) is 10.00 Å². The molecular weight excluding hydrogens is 356 g/mol. The Morgan fingerprint density at radius 2 is 1.67 bits per heavy atom. The lowest BCUT2D eigenvalue weighted by Crippen LogP contribution is -2.30. The minimum Gasteiger partial charge on any atom is -0.480 e.